The number of hydrogen-bond donors (Lipinski definition) is 3. The van der Waals surface area contributed by atoms with E-state index in [1.54, 1.807) is 24.4 Å². The van der Waals surface area contributed by atoms with Gasteiger partial charge in [0.25, 0.3) is 11.8 Å². The molecule has 0 spiro atoms. The standard InChI is InChI=1S/C28H27F2N5O4/c1-15-3-5-16(6-4-15)20-12-31-24-23(20)26(39-19-10-28(29,30)11-19)35-27(34-24)33-21-8-7-17(9-22(21)37-2)25(36)32-18-13-38-14-18/h3-9,12,18-19H,10-11,13-14H2,1-2H3,(H,32,36)(H2,31,33,34,35). The van der Waals surface area contributed by atoms with Gasteiger partial charge in [-0.15, -0.1) is 0 Å². The van der Waals surface area contributed by atoms with Crippen LogP contribution in [0.4, 0.5) is 20.4 Å². The molecule has 0 bridgehead atoms. The molecular formula is C28H27F2N5O4. The fourth-order valence-electron chi connectivity index (χ4n) is 4.59. The molecule has 4 aromatic rings. The third-order valence-corrected chi connectivity index (χ3v) is 6.88. The predicted octanol–water partition coefficient (Wildman–Crippen LogP) is 4.99. The number of rotatable bonds is 8. The number of carbonyl (C=O) groups is 1. The molecule has 0 atom stereocenters. The van der Waals surface area contributed by atoms with Crippen LogP contribution in [0.5, 0.6) is 11.6 Å². The molecule has 2 aromatic heterocycles. The number of amides is 1. The Labute approximate surface area is 222 Å². The van der Waals surface area contributed by atoms with Crippen LogP contribution in [0.25, 0.3) is 22.2 Å². The van der Waals surface area contributed by atoms with Gasteiger partial charge >= 0.3 is 0 Å². The van der Waals surface area contributed by atoms with Gasteiger partial charge in [0.15, 0.2) is 0 Å². The van der Waals surface area contributed by atoms with Crippen LogP contribution in [0.3, 0.4) is 0 Å². The number of H-pyrrole nitrogens is 1. The zero-order chi connectivity index (χ0) is 27.1. The highest BCUT2D eigenvalue weighted by atomic mass is 19.3. The highest BCUT2D eigenvalue weighted by Gasteiger charge is 2.47. The molecule has 2 aliphatic rings. The zero-order valence-corrected chi connectivity index (χ0v) is 21.4. The molecule has 0 radical (unpaired) electrons. The summed E-state index contributed by atoms with van der Waals surface area (Å²) in [6, 6.07) is 12.9. The second-order valence-electron chi connectivity index (χ2n) is 9.90. The molecule has 1 saturated carbocycles. The fourth-order valence-corrected chi connectivity index (χ4v) is 4.59. The lowest BCUT2D eigenvalue weighted by Crippen LogP contribution is -2.48. The van der Waals surface area contributed by atoms with Crippen LogP contribution in [0.15, 0.2) is 48.7 Å². The molecule has 2 fully saturated rings. The maximum Gasteiger partial charge on any atom is 0.255 e. The summed E-state index contributed by atoms with van der Waals surface area (Å²) in [6.45, 7) is 2.99. The van der Waals surface area contributed by atoms with Gasteiger partial charge in [-0.05, 0) is 30.7 Å². The average molecular weight is 536 g/mol. The first-order valence-electron chi connectivity index (χ1n) is 12.6. The molecule has 0 unspecified atom stereocenters. The third-order valence-electron chi connectivity index (χ3n) is 6.88. The van der Waals surface area contributed by atoms with E-state index >= 15 is 0 Å². The summed E-state index contributed by atoms with van der Waals surface area (Å²) in [4.78, 5) is 24.9. The number of nitrogens with one attached hydrogen (secondary N) is 3. The number of aromatic nitrogens is 3. The van der Waals surface area contributed by atoms with Crippen molar-refractivity contribution < 1.29 is 27.8 Å². The number of aromatic amines is 1. The summed E-state index contributed by atoms with van der Waals surface area (Å²) >= 11 is 0. The Kier molecular flexibility index (Phi) is 6.30. The monoisotopic (exact) mass is 535 g/mol. The second kappa shape index (κ2) is 9.81. The number of carbonyl (C=O) groups excluding carboxylic acids is 1. The van der Waals surface area contributed by atoms with Gasteiger partial charge in [0.2, 0.25) is 11.8 Å². The van der Waals surface area contributed by atoms with E-state index in [9.17, 15) is 13.6 Å². The van der Waals surface area contributed by atoms with E-state index in [2.05, 4.69) is 25.6 Å². The van der Waals surface area contributed by atoms with Crippen LogP contribution < -0.4 is 20.1 Å². The first kappa shape index (κ1) is 25.1. The first-order valence-corrected chi connectivity index (χ1v) is 12.6. The largest absolute Gasteiger partial charge is 0.495 e. The molecule has 11 heteroatoms. The number of ether oxygens (including phenoxy) is 3. The van der Waals surface area contributed by atoms with Crippen molar-refractivity contribution >= 4 is 28.6 Å². The summed E-state index contributed by atoms with van der Waals surface area (Å²) in [5, 5.41) is 6.63. The molecule has 1 amide bonds. The van der Waals surface area contributed by atoms with E-state index < -0.39 is 12.0 Å². The number of halogens is 2. The van der Waals surface area contributed by atoms with Crippen LogP contribution in [-0.4, -0.2) is 59.3 Å². The first-order chi connectivity index (χ1) is 18.8. The lowest BCUT2D eigenvalue weighted by molar-refractivity contribution is -0.135. The Morgan fingerprint density at radius 3 is 2.56 bits per heavy atom. The number of methoxy groups -OCH3 is 1. The number of fused-ring (bicyclic) bond motifs is 1. The highest BCUT2D eigenvalue weighted by molar-refractivity contribution is 5.98. The Morgan fingerprint density at radius 2 is 1.90 bits per heavy atom. The number of benzene rings is 2. The number of aryl methyl sites for hydroxylation is 1. The van der Waals surface area contributed by atoms with Crippen molar-refractivity contribution in [2.24, 2.45) is 0 Å². The van der Waals surface area contributed by atoms with E-state index in [-0.39, 0.29) is 36.6 Å². The molecule has 2 aromatic carbocycles. The van der Waals surface area contributed by atoms with Crippen molar-refractivity contribution in [1.82, 2.24) is 20.3 Å². The van der Waals surface area contributed by atoms with Crippen molar-refractivity contribution in [3.63, 3.8) is 0 Å². The third kappa shape index (κ3) is 5.09. The van der Waals surface area contributed by atoms with Crippen LogP contribution in [-0.2, 0) is 4.74 Å². The highest BCUT2D eigenvalue weighted by Crippen LogP contribution is 2.42. The molecular weight excluding hydrogens is 508 g/mol. The number of hydrogen-bond acceptors (Lipinski definition) is 7. The van der Waals surface area contributed by atoms with Gasteiger partial charge in [-0.25, -0.2) is 8.78 Å². The van der Waals surface area contributed by atoms with Gasteiger partial charge in [-0.3, -0.25) is 4.79 Å². The van der Waals surface area contributed by atoms with E-state index in [0.717, 1.165) is 16.7 Å². The normalized spacial score (nSPS) is 16.8. The lowest BCUT2D eigenvalue weighted by atomic mass is 9.91. The van der Waals surface area contributed by atoms with E-state index in [4.69, 9.17) is 14.2 Å². The Balaban J connectivity index is 1.33. The minimum absolute atomic E-state index is 0.000980. The van der Waals surface area contributed by atoms with Gasteiger partial charge < -0.3 is 29.8 Å². The summed E-state index contributed by atoms with van der Waals surface area (Å²) < 4.78 is 43.8. The zero-order valence-electron chi connectivity index (χ0n) is 21.4. The quantitative estimate of drug-likeness (QED) is 0.292. The van der Waals surface area contributed by atoms with Crippen molar-refractivity contribution in [3.05, 3.63) is 59.8 Å². The Hall–Kier alpha value is -4.25. The van der Waals surface area contributed by atoms with Crippen molar-refractivity contribution in [2.75, 3.05) is 25.6 Å². The number of alkyl halides is 2. The van der Waals surface area contributed by atoms with Gasteiger partial charge in [0.05, 0.1) is 37.4 Å². The Morgan fingerprint density at radius 1 is 1.13 bits per heavy atom. The summed E-state index contributed by atoms with van der Waals surface area (Å²) in [5.74, 6) is -2.17. The second-order valence-corrected chi connectivity index (χ2v) is 9.90. The predicted molar refractivity (Wildman–Crippen MR) is 141 cm³/mol. The van der Waals surface area contributed by atoms with Gasteiger partial charge in [-0.2, -0.15) is 9.97 Å². The Bertz CT molecular complexity index is 1530. The number of anilines is 2. The molecule has 9 nitrogen and oxygen atoms in total. The van der Waals surface area contributed by atoms with E-state index in [1.165, 1.54) is 7.11 Å². The molecule has 1 saturated heterocycles. The smallest absolute Gasteiger partial charge is 0.255 e. The van der Waals surface area contributed by atoms with Gasteiger partial charge in [0, 0.05) is 30.2 Å². The summed E-state index contributed by atoms with van der Waals surface area (Å²) in [5.41, 5.74) is 4.28. The van der Waals surface area contributed by atoms with Crippen molar-refractivity contribution in [3.8, 4) is 22.8 Å². The van der Waals surface area contributed by atoms with E-state index in [1.807, 2.05) is 31.2 Å². The maximum atomic E-state index is 13.6. The minimum atomic E-state index is -2.73. The van der Waals surface area contributed by atoms with Crippen LogP contribution in [0, 0.1) is 6.92 Å². The molecule has 1 aliphatic carbocycles. The minimum Gasteiger partial charge on any atom is -0.495 e. The van der Waals surface area contributed by atoms with E-state index in [0.29, 0.717) is 41.2 Å². The topological polar surface area (TPSA) is 110 Å². The molecule has 39 heavy (non-hydrogen) atoms. The number of nitrogens with zero attached hydrogens (tertiary/aromatic N) is 2. The molecule has 202 valence electrons. The summed E-state index contributed by atoms with van der Waals surface area (Å²) in [7, 11) is 1.50. The molecule has 3 N–H and O–H groups in total. The molecule has 3 heterocycles. The summed E-state index contributed by atoms with van der Waals surface area (Å²) in [6.07, 6.45) is 0.420. The van der Waals surface area contributed by atoms with Gasteiger partial charge in [0.1, 0.15) is 17.5 Å². The van der Waals surface area contributed by atoms with Crippen molar-refractivity contribution in [1.29, 1.82) is 0 Å². The van der Waals surface area contributed by atoms with Crippen LogP contribution >= 0.6 is 0 Å². The van der Waals surface area contributed by atoms with Crippen LogP contribution in [0.2, 0.25) is 0 Å². The lowest BCUT2D eigenvalue weighted by Gasteiger charge is -2.34. The molecule has 1 aliphatic heterocycles. The van der Waals surface area contributed by atoms with Gasteiger partial charge in [-0.1, -0.05) is 29.8 Å². The maximum absolute atomic E-state index is 13.6. The molecule has 6 rings (SSSR count). The fraction of sp³-hybridized carbons (Fsp3) is 0.321. The average Bonchev–Trinajstić information content (AvgIpc) is 3.30. The van der Waals surface area contributed by atoms with Crippen molar-refractivity contribution in [2.45, 2.75) is 37.8 Å². The SMILES string of the molecule is COc1cc(C(=O)NC2COC2)ccc1Nc1nc(OC2CC(F)(F)C2)c2c(-c3ccc(C)cc3)c[nH]c2n1. The van der Waals surface area contributed by atoms with Crippen LogP contribution in [0.1, 0.15) is 28.8 Å².